The Bertz CT molecular complexity index is 308. The van der Waals surface area contributed by atoms with E-state index in [1.54, 1.807) is 6.92 Å². The summed E-state index contributed by atoms with van der Waals surface area (Å²) in [5.41, 5.74) is 0.219. The predicted octanol–water partition coefficient (Wildman–Crippen LogP) is 2.90. The third kappa shape index (κ3) is 6.46. The fourth-order valence-electron chi connectivity index (χ4n) is 0.975. The zero-order chi connectivity index (χ0) is 13.5. The van der Waals surface area contributed by atoms with Gasteiger partial charge in [0.1, 0.15) is 4.32 Å². The summed E-state index contributed by atoms with van der Waals surface area (Å²) >= 11 is 3.27. The van der Waals surface area contributed by atoms with Gasteiger partial charge < -0.3 is 9.84 Å². The molecule has 0 saturated carbocycles. The third-order valence-electron chi connectivity index (χ3n) is 2.29. The molecular weight excluding hydrogens is 288 g/mol. The average molecular weight is 307 g/mol. The SMILES string of the molecule is CCCCOC(=O)C(C)(Br)CC=C(C)C(=O)O. The molecule has 0 radical (unpaired) electrons. The molecule has 0 heterocycles. The van der Waals surface area contributed by atoms with Crippen molar-refractivity contribution in [3.63, 3.8) is 0 Å². The fourth-order valence-corrected chi connectivity index (χ4v) is 1.25. The van der Waals surface area contributed by atoms with E-state index in [-0.39, 0.29) is 18.0 Å². The second-order valence-corrected chi connectivity index (χ2v) is 5.83. The molecule has 0 amide bonds. The van der Waals surface area contributed by atoms with Gasteiger partial charge in [-0.15, -0.1) is 0 Å². The van der Waals surface area contributed by atoms with E-state index in [9.17, 15) is 9.59 Å². The molecule has 98 valence electrons. The largest absolute Gasteiger partial charge is 0.478 e. The topological polar surface area (TPSA) is 63.6 Å². The lowest BCUT2D eigenvalue weighted by Crippen LogP contribution is -2.30. The van der Waals surface area contributed by atoms with Crippen molar-refractivity contribution in [3.05, 3.63) is 11.6 Å². The number of carboxylic acids is 1. The standard InChI is InChI=1S/C12H19BrO4/c1-4-5-8-17-11(16)12(3,13)7-6-9(2)10(14)15/h6H,4-5,7-8H2,1-3H3,(H,14,15). The molecule has 0 rings (SSSR count). The molecule has 0 aliphatic carbocycles. The number of alkyl halides is 1. The number of carboxylic acid groups (broad SMARTS) is 1. The Hall–Kier alpha value is -0.840. The van der Waals surface area contributed by atoms with Crippen LogP contribution in [-0.4, -0.2) is 28.0 Å². The van der Waals surface area contributed by atoms with Crippen LogP contribution in [0.2, 0.25) is 0 Å². The van der Waals surface area contributed by atoms with Gasteiger partial charge in [0.25, 0.3) is 0 Å². The lowest BCUT2D eigenvalue weighted by molar-refractivity contribution is -0.146. The van der Waals surface area contributed by atoms with Crippen molar-refractivity contribution < 1.29 is 19.4 Å². The van der Waals surface area contributed by atoms with Crippen LogP contribution in [0.1, 0.15) is 40.0 Å². The van der Waals surface area contributed by atoms with Gasteiger partial charge in [-0.3, -0.25) is 4.79 Å². The Morgan fingerprint density at radius 1 is 1.47 bits per heavy atom. The number of unbranched alkanes of at least 4 members (excludes halogenated alkanes) is 1. The monoisotopic (exact) mass is 306 g/mol. The molecule has 5 heteroatoms. The van der Waals surface area contributed by atoms with Gasteiger partial charge in [-0.05, 0) is 26.7 Å². The average Bonchev–Trinajstić information content (AvgIpc) is 2.25. The zero-order valence-corrected chi connectivity index (χ0v) is 12.0. The van der Waals surface area contributed by atoms with Gasteiger partial charge in [-0.2, -0.15) is 0 Å². The quantitative estimate of drug-likeness (QED) is 0.340. The number of ether oxygens (including phenoxy) is 1. The number of rotatable bonds is 7. The molecule has 17 heavy (non-hydrogen) atoms. The number of carbonyl (C=O) groups excluding carboxylic acids is 1. The summed E-state index contributed by atoms with van der Waals surface area (Å²) in [5, 5.41) is 8.69. The number of esters is 1. The first-order valence-corrected chi connectivity index (χ1v) is 6.36. The number of aliphatic carboxylic acids is 1. The smallest absolute Gasteiger partial charge is 0.330 e. The van der Waals surface area contributed by atoms with Crippen molar-refractivity contribution in [2.75, 3.05) is 6.61 Å². The number of hydrogen-bond donors (Lipinski definition) is 1. The van der Waals surface area contributed by atoms with Crippen LogP contribution in [0.25, 0.3) is 0 Å². The Morgan fingerprint density at radius 2 is 2.06 bits per heavy atom. The summed E-state index contributed by atoms with van der Waals surface area (Å²) in [6.45, 7) is 5.58. The van der Waals surface area contributed by atoms with Gasteiger partial charge in [-0.25, -0.2) is 4.79 Å². The normalized spacial score (nSPS) is 15.2. The number of halogens is 1. The first-order valence-electron chi connectivity index (χ1n) is 5.57. The molecule has 0 fully saturated rings. The maximum absolute atomic E-state index is 11.7. The summed E-state index contributed by atoms with van der Waals surface area (Å²) in [6, 6.07) is 0. The lowest BCUT2D eigenvalue weighted by Gasteiger charge is -2.19. The lowest BCUT2D eigenvalue weighted by atomic mass is 10.1. The van der Waals surface area contributed by atoms with Crippen molar-refractivity contribution in [2.24, 2.45) is 0 Å². The Morgan fingerprint density at radius 3 is 2.53 bits per heavy atom. The van der Waals surface area contributed by atoms with Crippen molar-refractivity contribution in [3.8, 4) is 0 Å². The first-order chi connectivity index (χ1) is 7.81. The molecule has 1 atom stereocenters. The van der Waals surface area contributed by atoms with Crippen molar-refractivity contribution >= 4 is 27.9 Å². The second kappa shape index (κ2) is 7.48. The fraction of sp³-hybridized carbons (Fsp3) is 0.667. The van der Waals surface area contributed by atoms with Crippen LogP contribution >= 0.6 is 15.9 Å². The number of allylic oxidation sites excluding steroid dienone is 1. The molecule has 4 nitrogen and oxygen atoms in total. The third-order valence-corrected chi connectivity index (χ3v) is 2.93. The van der Waals surface area contributed by atoms with Gasteiger partial charge in [0.05, 0.1) is 6.61 Å². The van der Waals surface area contributed by atoms with E-state index in [2.05, 4.69) is 15.9 Å². The maximum atomic E-state index is 11.7. The summed E-state index contributed by atoms with van der Waals surface area (Å²) in [4.78, 5) is 22.3. The second-order valence-electron chi connectivity index (χ2n) is 4.08. The van der Waals surface area contributed by atoms with E-state index >= 15 is 0 Å². The highest BCUT2D eigenvalue weighted by Crippen LogP contribution is 2.25. The predicted molar refractivity (Wildman–Crippen MR) is 69.2 cm³/mol. The highest BCUT2D eigenvalue weighted by Gasteiger charge is 2.30. The minimum Gasteiger partial charge on any atom is -0.478 e. The van der Waals surface area contributed by atoms with Crippen LogP contribution in [0, 0.1) is 0 Å². The molecule has 0 aliphatic rings. The first kappa shape index (κ1) is 16.2. The maximum Gasteiger partial charge on any atom is 0.330 e. The van der Waals surface area contributed by atoms with E-state index in [4.69, 9.17) is 9.84 Å². The summed E-state index contributed by atoms with van der Waals surface area (Å²) in [6.07, 6.45) is 3.59. The van der Waals surface area contributed by atoms with E-state index in [1.165, 1.54) is 13.0 Å². The van der Waals surface area contributed by atoms with E-state index < -0.39 is 10.3 Å². The van der Waals surface area contributed by atoms with E-state index in [1.807, 2.05) is 6.92 Å². The molecule has 0 aliphatic heterocycles. The molecule has 0 saturated heterocycles. The zero-order valence-electron chi connectivity index (χ0n) is 10.5. The molecule has 0 aromatic heterocycles. The molecule has 0 spiro atoms. The highest BCUT2D eigenvalue weighted by molar-refractivity contribution is 9.10. The van der Waals surface area contributed by atoms with Crippen LogP contribution < -0.4 is 0 Å². The van der Waals surface area contributed by atoms with Crippen molar-refractivity contribution in [1.29, 1.82) is 0 Å². The molecule has 1 N–H and O–H groups in total. The number of hydrogen-bond acceptors (Lipinski definition) is 3. The van der Waals surface area contributed by atoms with Gasteiger partial charge in [0.2, 0.25) is 0 Å². The summed E-state index contributed by atoms with van der Waals surface area (Å²) in [7, 11) is 0. The van der Waals surface area contributed by atoms with Crippen LogP contribution in [0.4, 0.5) is 0 Å². The van der Waals surface area contributed by atoms with Gasteiger partial charge in [0, 0.05) is 5.57 Å². The molecule has 0 aromatic carbocycles. The van der Waals surface area contributed by atoms with Gasteiger partial charge in [-0.1, -0.05) is 35.4 Å². The van der Waals surface area contributed by atoms with Crippen LogP contribution in [0.5, 0.6) is 0 Å². The number of carbonyl (C=O) groups is 2. The minimum atomic E-state index is -0.979. The molecule has 1 unspecified atom stereocenters. The van der Waals surface area contributed by atoms with Crippen molar-refractivity contribution in [1.82, 2.24) is 0 Å². The van der Waals surface area contributed by atoms with E-state index in [0.29, 0.717) is 6.61 Å². The molecule has 0 bridgehead atoms. The van der Waals surface area contributed by atoms with E-state index in [0.717, 1.165) is 12.8 Å². The molecular formula is C12H19BrO4. The Balaban J connectivity index is 4.31. The molecule has 0 aromatic rings. The van der Waals surface area contributed by atoms with Crippen LogP contribution in [0.15, 0.2) is 11.6 Å². The minimum absolute atomic E-state index is 0.219. The van der Waals surface area contributed by atoms with Crippen LogP contribution in [-0.2, 0) is 14.3 Å². The summed E-state index contributed by atoms with van der Waals surface area (Å²) in [5.74, 6) is -1.34. The Kier molecular flexibility index (Phi) is 7.11. The Labute approximate surface area is 110 Å². The van der Waals surface area contributed by atoms with Crippen LogP contribution in [0.3, 0.4) is 0 Å². The van der Waals surface area contributed by atoms with Gasteiger partial charge >= 0.3 is 11.9 Å². The van der Waals surface area contributed by atoms with Gasteiger partial charge in [0.15, 0.2) is 0 Å². The highest BCUT2D eigenvalue weighted by atomic mass is 79.9. The summed E-state index contributed by atoms with van der Waals surface area (Å²) < 4.78 is 4.21. The van der Waals surface area contributed by atoms with Crippen molar-refractivity contribution in [2.45, 2.75) is 44.4 Å².